The van der Waals surface area contributed by atoms with E-state index in [9.17, 15) is 15.8 Å². The lowest BCUT2D eigenvalue weighted by molar-refractivity contribution is -0.249. The van der Waals surface area contributed by atoms with Crippen molar-refractivity contribution in [2.24, 2.45) is 0 Å². The fourth-order valence-corrected chi connectivity index (χ4v) is 10.8. The lowest BCUT2D eigenvalue weighted by atomic mass is 9.83. The van der Waals surface area contributed by atoms with E-state index in [0.717, 1.165) is 22.3 Å². The van der Waals surface area contributed by atoms with Crippen LogP contribution < -0.4 is 9.80 Å². The number of nitriles is 3. The molecule has 9 rings (SSSR count). The molecule has 0 spiro atoms. The van der Waals surface area contributed by atoms with Gasteiger partial charge in [0.05, 0.1) is 0 Å². The molecular formula is C49H41ClF3N5O. The lowest BCUT2D eigenvalue weighted by Crippen LogP contribution is -2.43. The number of hydrogen-bond donors (Lipinski definition) is 0. The number of ether oxygens (including phenoxy) is 1. The highest BCUT2D eigenvalue weighted by molar-refractivity contribution is 6.33. The van der Waals surface area contributed by atoms with E-state index in [1.54, 1.807) is 24.3 Å². The van der Waals surface area contributed by atoms with Crippen molar-refractivity contribution < 1.29 is 17.9 Å². The first-order valence-corrected chi connectivity index (χ1v) is 20.8. The summed E-state index contributed by atoms with van der Waals surface area (Å²) in [6.07, 6.45) is 12.7. The van der Waals surface area contributed by atoms with Crippen LogP contribution in [0.25, 0.3) is 5.57 Å². The summed E-state index contributed by atoms with van der Waals surface area (Å²) >= 11 is 7.02. The largest absolute Gasteiger partial charge is 0.465 e. The monoisotopic (exact) mass is 807 g/mol. The Morgan fingerprint density at radius 3 is 1.68 bits per heavy atom. The van der Waals surface area contributed by atoms with Crippen LogP contribution in [-0.4, -0.2) is 30.3 Å². The summed E-state index contributed by atoms with van der Waals surface area (Å²) in [6.45, 7) is 0. The fraction of sp³-hybridized carbons (Fsp3) is 0.327. The summed E-state index contributed by atoms with van der Waals surface area (Å²) in [4.78, 5) is 5.20. The fourth-order valence-electron chi connectivity index (χ4n) is 10.5. The van der Waals surface area contributed by atoms with Crippen LogP contribution in [0, 0.1) is 34.0 Å². The van der Waals surface area contributed by atoms with Crippen molar-refractivity contribution in [1.82, 2.24) is 0 Å². The molecule has 4 saturated heterocycles. The highest BCUT2D eigenvalue weighted by Gasteiger charge is 2.65. The Labute approximate surface area is 347 Å². The Bertz CT molecular complexity index is 2370. The Morgan fingerprint density at radius 2 is 1.22 bits per heavy atom. The summed E-state index contributed by atoms with van der Waals surface area (Å²) in [7, 11) is 0. The van der Waals surface area contributed by atoms with Crippen molar-refractivity contribution in [3.63, 3.8) is 0 Å². The number of rotatable bonds is 8. The molecule has 5 aliphatic heterocycles. The molecule has 3 aromatic rings. The molecule has 0 saturated carbocycles. The van der Waals surface area contributed by atoms with E-state index >= 15 is 13.2 Å². The minimum Gasteiger partial charge on any atom is -0.465 e. The Kier molecular flexibility index (Phi) is 10.0. The lowest BCUT2D eigenvalue weighted by Gasteiger charge is -2.33. The molecule has 1 unspecified atom stereocenters. The zero-order chi connectivity index (χ0) is 40.9. The second-order valence-corrected chi connectivity index (χ2v) is 16.6. The van der Waals surface area contributed by atoms with E-state index in [-0.39, 0.29) is 5.56 Å². The number of fused-ring (bicyclic) bond motifs is 4. The van der Waals surface area contributed by atoms with E-state index in [4.69, 9.17) is 16.3 Å². The van der Waals surface area contributed by atoms with Gasteiger partial charge in [0.1, 0.15) is 23.8 Å². The quantitative estimate of drug-likeness (QED) is 0.211. The Hall–Kier alpha value is -5.95. The van der Waals surface area contributed by atoms with Crippen LogP contribution in [0.2, 0.25) is 0 Å². The molecule has 0 aromatic heterocycles. The zero-order valence-corrected chi connectivity index (χ0v) is 33.1. The van der Waals surface area contributed by atoms with Gasteiger partial charge in [-0.25, -0.2) is 0 Å². The maximum absolute atomic E-state index is 15.3. The minimum atomic E-state index is -5.08. The molecule has 59 heavy (non-hydrogen) atoms. The molecule has 5 heterocycles. The molecule has 0 N–H and O–H groups in total. The second-order valence-electron chi connectivity index (χ2n) is 16.3. The van der Waals surface area contributed by atoms with Crippen LogP contribution in [0.4, 0.5) is 24.5 Å². The average molecular weight is 808 g/mol. The SMILES string of the molecule is N#CC(C#N)=C1OC(c2ccccc2)(C(F)(F)F)C(/C=C/C2=C(Cl)C(=C/C=C(c3ccc(N4C5CCC4CC5)cc3)c3ccc(N4C5CCC4CC5)cc3)/CC2)=C1C#N. The second kappa shape index (κ2) is 15.3. The number of nitrogens with zero attached hydrogens (tertiary/aromatic N) is 5. The van der Waals surface area contributed by atoms with E-state index in [0.29, 0.717) is 47.6 Å². The van der Waals surface area contributed by atoms with Gasteiger partial charge in [-0.05, 0) is 116 Å². The van der Waals surface area contributed by atoms with Crippen LogP contribution >= 0.6 is 11.6 Å². The molecule has 1 atom stereocenters. The van der Waals surface area contributed by atoms with Crippen LogP contribution in [0.3, 0.4) is 0 Å². The van der Waals surface area contributed by atoms with Gasteiger partial charge >= 0.3 is 6.18 Å². The molecule has 4 fully saturated rings. The van der Waals surface area contributed by atoms with Crippen LogP contribution in [0.1, 0.15) is 80.9 Å². The number of benzene rings is 3. The first kappa shape index (κ1) is 38.6. The third-order valence-corrected chi connectivity index (χ3v) is 13.7. The standard InChI is InChI=1S/C49H41ClF3N5O/c50-46-33(6-7-34(46)13-27-45-44(30-56)47(35(28-54)29-55)59-48(45,49(51,52)53)36-4-2-1-3-5-36)12-26-43(31-8-14-37(15-9-31)57-39-18-19-40(57)21-20-39)32-10-16-38(17-11-32)58-41-22-23-42(58)25-24-41/h1-5,8-17,26-27,39-42H,6-7,18-25H2/b27-13+,33-12+,43-26?. The third-order valence-electron chi connectivity index (χ3n) is 13.3. The first-order chi connectivity index (χ1) is 28.6. The van der Waals surface area contributed by atoms with Gasteiger partial charge in [0, 0.05) is 51.7 Å². The van der Waals surface area contributed by atoms with Crippen LogP contribution in [-0.2, 0) is 10.3 Å². The van der Waals surface area contributed by atoms with Gasteiger partial charge in [-0.1, -0.05) is 90.5 Å². The van der Waals surface area contributed by atoms with Crippen LogP contribution in [0.5, 0.6) is 0 Å². The van der Waals surface area contributed by atoms with E-state index in [2.05, 4.69) is 64.4 Å². The van der Waals surface area contributed by atoms with Crippen molar-refractivity contribution in [2.75, 3.05) is 9.80 Å². The number of anilines is 2. The molecule has 10 heteroatoms. The Balaban J connectivity index is 1.08. The minimum absolute atomic E-state index is 0.295. The molecule has 3 aromatic carbocycles. The van der Waals surface area contributed by atoms with Gasteiger partial charge in [-0.2, -0.15) is 29.0 Å². The molecule has 6 aliphatic rings. The highest BCUT2D eigenvalue weighted by Crippen LogP contribution is 2.56. The van der Waals surface area contributed by atoms with Crippen molar-refractivity contribution in [2.45, 2.75) is 100 Å². The predicted octanol–water partition coefficient (Wildman–Crippen LogP) is 11.8. The summed E-state index contributed by atoms with van der Waals surface area (Å²) < 4.78 is 51.5. The smallest absolute Gasteiger partial charge is 0.437 e. The molecule has 6 nitrogen and oxygen atoms in total. The van der Waals surface area contributed by atoms with Gasteiger partial charge < -0.3 is 14.5 Å². The first-order valence-electron chi connectivity index (χ1n) is 20.4. The molecule has 0 radical (unpaired) electrons. The summed E-state index contributed by atoms with van der Waals surface area (Å²) in [5.74, 6) is -0.704. The van der Waals surface area contributed by atoms with Crippen molar-refractivity contribution in [1.29, 1.82) is 15.8 Å². The molecule has 4 bridgehead atoms. The zero-order valence-electron chi connectivity index (χ0n) is 32.4. The normalized spacial score (nSPS) is 26.5. The Morgan fingerprint density at radius 1 is 0.712 bits per heavy atom. The van der Waals surface area contributed by atoms with E-state index in [1.165, 1.54) is 99.2 Å². The summed E-state index contributed by atoms with van der Waals surface area (Å²) in [6, 6.07) is 32.1. The predicted molar refractivity (Wildman–Crippen MR) is 222 cm³/mol. The van der Waals surface area contributed by atoms with Gasteiger partial charge in [0.25, 0.3) is 5.60 Å². The van der Waals surface area contributed by atoms with Gasteiger partial charge in [0.2, 0.25) is 0 Å². The molecular weight excluding hydrogens is 767 g/mol. The third kappa shape index (κ3) is 6.55. The number of alkyl halides is 3. The van der Waals surface area contributed by atoms with Gasteiger partial charge in [-0.15, -0.1) is 0 Å². The van der Waals surface area contributed by atoms with Crippen molar-refractivity contribution in [3.8, 4) is 18.2 Å². The van der Waals surface area contributed by atoms with E-state index < -0.39 is 34.3 Å². The maximum Gasteiger partial charge on any atom is 0.437 e. The number of hydrogen-bond acceptors (Lipinski definition) is 6. The summed E-state index contributed by atoms with van der Waals surface area (Å²) in [5.41, 5.74) is 1.91. The molecule has 0 amide bonds. The molecule has 296 valence electrons. The van der Waals surface area contributed by atoms with Gasteiger partial charge in [-0.3, -0.25) is 0 Å². The highest BCUT2D eigenvalue weighted by atomic mass is 35.5. The van der Waals surface area contributed by atoms with Gasteiger partial charge in [0.15, 0.2) is 11.3 Å². The average Bonchev–Trinajstić information content (AvgIpc) is 4.13. The van der Waals surface area contributed by atoms with Crippen molar-refractivity contribution in [3.05, 3.63) is 159 Å². The van der Waals surface area contributed by atoms with Crippen molar-refractivity contribution >= 4 is 28.5 Å². The van der Waals surface area contributed by atoms with Crippen LogP contribution in [0.15, 0.2) is 142 Å². The number of halogens is 4. The van der Waals surface area contributed by atoms with E-state index in [1.807, 2.05) is 6.08 Å². The summed E-state index contributed by atoms with van der Waals surface area (Å²) in [5, 5.41) is 29.8. The number of allylic oxidation sites excluding steroid dienone is 8. The molecule has 1 aliphatic carbocycles. The maximum atomic E-state index is 15.3. The topological polar surface area (TPSA) is 87.1 Å².